The molecular formula is C66H75BN2. The standard InChI is InChI=1S/C66H75BN2/c1-41(2)45-34-59-61-60(35-45)69(56-31-27-50(64(9,10)11)37-53(56)44-19-17-42(18-20-44)43-21-23-48(24-22-43)62(3,4)5)58-36-47-40-66(15,16)39-46(47)33-54(58)67(61)55-38-51(65(12,13)14)28-32-57(55)68(59)52-29-25-49(26-30-52)63(6,7)8/h17-38,41H,39-40H2,1-16H3. The second-order valence-corrected chi connectivity index (χ2v) is 26.1. The summed E-state index contributed by atoms with van der Waals surface area (Å²) in [6.07, 6.45) is 2.17. The molecule has 0 atom stereocenters. The fraction of sp³-hybridized carbons (Fsp3) is 0.364. The van der Waals surface area contributed by atoms with E-state index in [1.165, 1.54) is 112 Å². The van der Waals surface area contributed by atoms with E-state index in [9.17, 15) is 0 Å². The maximum atomic E-state index is 2.70. The van der Waals surface area contributed by atoms with Gasteiger partial charge in [-0.3, -0.25) is 0 Å². The Hall–Kier alpha value is -5.80. The van der Waals surface area contributed by atoms with E-state index in [2.05, 4.69) is 254 Å². The zero-order valence-electron chi connectivity index (χ0n) is 44.7. The van der Waals surface area contributed by atoms with Crippen LogP contribution in [0, 0.1) is 5.41 Å². The minimum absolute atomic E-state index is 0.0144. The lowest BCUT2D eigenvalue weighted by molar-refractivity contribution is 0.392. The maximum Gasteiger partial charge on any atom is 0.252 e. The summed E-state index contributed by atoms with van der Waals surface area (Å²) in [6, 6.07) is 53.1. The van der Waals surface area contributed by atoms with E-state index >= 15 is 0 Å². The summed E-state index contributed by atoms with van der Waals surface area (Å²) in [4.78, 5) is 5.30. The first-order valence-electron chi connectivity index (χ1n) is 25.8. The molecule has 0 radical (unpaired) electrons. The van der Waals surface area contributed by atoms with Crippen LogP contribution in [0.15, 0.2) is 133 Å². The second kappa shape index (κ2) is 16.1. The number of fused-ring (bicyclic) bond motifs is 5. The van der Waals surface area contributed by atoms with Crippen LogP contribution >= 0.6 is 0 Å². The molecule has 0 N–H and O–H groups in total. The number of benzene rings is 7. The molecule has 0 fully saturated rings. The highest BCUT2D eigenvalue weighted by Crippen LogP contribution is 2.50. The average molecular weight is 907 g/mol. The molecule has 3 aliphatic rings. The Morgan fingerprint density at radius 2 is 0.855 bits per heavy atom. The molecule has 3 heteroatoms. The highest BCUT2D eigenvalue weighted by atomic mass is 15.2. The molecule has 1 aliphatic carbocycles. The topological polar surface area (TPSA) is 6.48 Å². The Morgan fingerprint density at radius 3 is 1.39 bits per heavy atom. The molecular weight excluding hydrogens is 832 g/mol. The predicted octanol–water partition coefficient (Wildman–Crippen LogP) is 16.5. The van der Waals surface area contributed by atoms with Crippen LogP contribution in [0.2, 0.25) is 0 Å². The molecule has 2 nitrogen and oxygen atoms in total. The van der Waals surface area contributed by atoms with E-state index in [-0.39, 0.29) is 33.8 Å². The molecule has 2 heterocycles. The Balaban J connectivity index is 1.26. The van der Waals surface area contributed by atoms with Crippen molar-refractivity contribution in [2.75, 3.05) is 9.80 Å². The summed E-state index contributed by atoms with van der Waals surface area (Å²) in [5.74, 6) is 0.316. The Morgan fingerprint density at radius 1 is 0.420 bits per heavy atom. The van der Waals surface area contributed by atoms with Crippen LogP contribution in [0.3, 0.4) is 0 Å². The summed E-state index contributed by atoms with van der Waals surface area (Å²) in [6.45, 7) is 37.6. The SMILES string of the molecule is CC(C)c1cc2c3c(c1)N(c1ccc(C(C)(C)C)cc1-c1ccc(-c4ccc(C(C)(C)C)cc4)cc1)c1cc4c(cc1B3c1cc(C(C)(C)C)ccc1N2c1ccc(C(C)(C)C)cc1)CC(C)(C)C4. The molecule has 0 spiro atoms. The van der Waals surface area contributed by atoms with Gasteiger partial charge in [0.25, 0.3) is 6.71 Å². The predicted molar refractivity (Wildman–Crippen MR) is 301 cm³/mol. The van der Waals surface area contributed by atoms with Gasteiger partial charge in [-0.15, -0.1) is 0 Å². The lowest BCUT2D eigenvalue weighted by Gasteiger charge is -2.45. The molecule has 0 saturated heterocycles. The van der Waals surface area contributed by atoms with Gasteiger partial charge in [-0.2, -0.15) is 0 Å². The van der Waals surface area contributed by atoms with Crippen molar-refractivity contribution in [3.63, 3.8) is 0 Å². The van der Waals surface area contributed by atoms with Crippen LogP contribution in [0.5, 0.6) is 0 Å². The van der Waals surface area contributed by atoms with Crippen molar-refractivity contribution in [1.82, 2.24) is 0 Å². The van der Waals surface area contributed by atoms with Gasteiger partial charge in [0.2, 0.25) is 0 Å². The molecule has 7 aromatic carbocycles. The maximum absolute atomic E-state index is 2.70. The summed E-state index contributed by atoms with van der Waals surface area (Å²) in [5, 5.41) is 0. The van der Waals surface area contributed by atoms with Crippen LogP contribution in [-0.2, 0) is 34.5 Å². The van der Waals surface area contributed by atoms with Gasteiger partial charge < -0.3 is 9.80 Å². The number of nitrogens with zero attached hydrogens (tertiary/aromatic N) is 2. The molecule has 0 aromatic heterocycles. The fourth-order valence-corrected chi connectivity index (χ4v) is 11.5. The molecule has 2 aliphatic heterocycles. The number of anilines is 6. The first-order valence-corrected chi connectivity index (χ1v) is 25.8. The zero-order chi connectivity index (χ0) is 49.3. The molecule has 352 valence electrons. The first kappa shape index (κ1) is 46.9. The second-order valence-electron chi connectivity index (χ2n) is 26.1. The zero-order valence-corrected chi connectivity index (χ0v) is 44.7. The first-order chi connectivity index (χ1) is 32.3. The molecule has 69 heavy (non-hydrogen) atoms. The normalized spacial score (nSPS) is 15.3. The van der Waals surface area contributed by atoms with Gasteiger partial charge in [-0.05, 0) is 166 Å². The largest absolute Gasteiger partial charge is 0.311 e. The Bertz CT molecular complexity index is 3120. The van der Waals surface area contributed by atoms with Crippen LogP contribution in [0.4, 0.5) is 34.1 Å². The van der Waals surface area contributed by atoms with Crippen molar-refractivity contribution in [2.45, 2.75) is 151 Å². The van der Waals surface area contributed by atoms with Crippen molar-refractivity contribution >= 4 is 57.2 Å². The van der Waals surface area contributed by atoms with Crippen molar-refractivity contribution in [3.8, 4) is 22.3 Å². The minimum Gasteiger partial charge on any atom is -0.311 e. The van der Waals surface area contributed by atoms with Gasteiger partial charge in [0.15, 0.2) is 0 Å². The van der Waals surface area contributed by atoms with Gasteiger partial charge in [0, 0.05) is 34.0 Å². The monoisotopic (exact) mass is 907 g/mol. The molecule has 0 unspecified atom stereocenters. The summed E-state index contributed by atoms with van der Waals surface area (Å²) >= 11 is 0. The summed E-state index contributed by atoms with van der Waals surface area (Å²) in [5.41, 5.74) is 26.8. The number of hydrogen-bond donors (Lipinski definition) is 0. The van der Waals surface area contributed by atoms with Crippen LogP contribution in [0.25, 0.3) is 22.3 Å². The average Bonchev–Trinajstić information content (AvgIpc) is 3.59. The van der Waals surface area contributed by atoms with Gasteiger partial charge in [-0.25, -0.2) is 0 Å². The van der Waals surface area contributed by atoms with E-state index in [1.807, 2.05) is 0 Å². The van der Waals surface area contributed by atoms with Gasteiger partial charge in [0.1, 0.15) is 0 Å². The molecule has 0 bridgehead atoms. The highest BCUT2D eigenvalue weighted by molar-refractivity contribution is 7.00. The molecule has 7 aromatic rings. The van der Waals surface area contributed by atoms with Crippen molar-refractivity contribution in [3.05, 3.63) is 172 Å². The quantitative estimate of drug-likeness (QED) is 0.159. The smallest absolute Gasteiger partial charge is 0.252 e. The highest BCUT2D eigenvalue weighted by Gasteiger charge is 2.46. The third-order valence-electron chi connectivity index (χ3n) is 15.7. The third kappa shape index (κ3) is 8.36. The fourth-order valence-electron chi connectivity index (χ4n) is 11.5. The Kier molecular flexibility index (Phi) is 11.0. The lowest BCUT2D eigenvalue weighted by atomic mass is 9.33. The van der Waals surface area contributed by atoms with E-state index in [0.29, 0.717) is 5.92 Å². The lowest BCUT2D eigenvalue weighted by Crippen LogP contribution is -2.61. The number of hydrogen-bond acceptors (Lipinski definition) is 2. The minimum atomic E-state index is -0.0342. The van der Waals surface area contributed by atoms with E-state index in [4.69, 9.17) is 0 Å². The third-order valence-corrected chi connectivity index (χ3v) is 15.7. The molecule has 0 amide bonds. The number of rotatable bonds is 5. The molecule has 0 saturated carbocycles. The van der Waals surface area contributed by atoms with Crippen LogP contribution in [0.1, 0.15) is 156 Å². The van der Waals surface area contributed by atoms with Gasteiger partial charge in [-0.1, -0.05) is 196 Å². The summed E-state index contributed by atoms with van der Waals surface area (Å²) in [7, 11) is 0. The molecule has 10 rings (SSSR count). The van der Waals surface area contributed by atoms with Crippen molar-refractivity contribution in [2.24, 2.45) is 5.41 Å². The van der Waals surface area contributed by atoms with Crippen molar-refractivity contribution < 1.29 is 0 Å². The van der Waals surface area contributed by atoms with Crippen molar-refractivity contribution in [1.29, 1.82) is 0 Å². The van der Waals surface area contributed by atoms with E-state index in [1.54, 1.807) is 0 Å². The van der Waals surface area contributed by atoms with Gasteiger partial charge in [0.05, 0.1) is 5.69 Å². The van der Waals surface area contributed by atoms with Gasteiger partial charge >= 0.3 is 0 Å². The van der Waals surface area contributed by atoms with E-state index < -0.39 is 0 Å². The van der Waals surface area contributed by atoms with Crippen LogP contribution < -0.4 is 26.2 Å². The van der Waals surface area contributed by atoms with Crippen LogP contribution in [-0.4, -0.2) is 6.71 Å². The summed E-state index contributed by atoms with van der Waals surface area (Å²) < 4.78 is 0. The Labute approximate surface area is 416 Å². The van der Waals surface area contributed by atoms with E-state index in [0.717, 1.165) is 12.8 Å².